The summed E-state index contributed by atoms with van der Waals surface area (Å²) in [5, 5.41) is 22.5. The number of nitro benzene ring substituents is 1. The number of aliphatic hydroxyl groups is 1. The predicted molar refractivity (Wildman–Crippen MR) is 134 cm³/mol. The molecule has 2 aromatic carbocycles. The lowest BCUT2D eigenvalue weighted by Gasteiger charge is -2.23. The van der Waals surface area contributed by atoms with E-state index in [-0.39, 0.29) is 26.8 Å². The molecule has 1 saturated heterocycles. The lowest BCUT2D eigenvalue weighted by molar-refractivity contribution is -0.384. The maximum Gasteiger partial charge on any atom is 0.350 e. The number of hydrogen-bond acceptors (Lipinski definition) is 10. The van der Waals surface area contributed by atoms with E-state index in [1.165, 1.54) is 37.4 Å². The second kappa shape index (κ2) is 10.2. The fourth-order valence-electron chi connectivity index (χ4n) is 3.95. The highest BCUT2D eigenvalue weighted by Gasteiger charge is 2.48. The molecule has 12 heteroatoms. The van der Waals surface area contributed by atoms with Gasteiger partial charge in [0.2, 0.25) is 0 Å². The zero-order valence-electron chi connectivity index (χ0n) is 20.0. The van der Waals surface area contributed by atoms with Crippen LogP contribution in [0.2, 0.25) is 0 Å². The monoisotopic (exact) mass is 523 g/mol. The third-order valence-corrected chi connectivity index (χ3v) is 6.78. The number of hydrogen-bond donors (Lipinski definition) is 1. The topological polar surface area (TPSA) is 149 Å². The van der Waals surface area contributed by atoms with Crippen LogP contribution in [0.15, 0.2) is 54.1 Å². The highest BCUT2D eigenvalue weighted by molar-refractivity contribution is 7.17. The first kappa shape index (κ1) is 25.5. The molecule has 0 saturated carbocycles. The van der Waals surface area contributed by atoms with Crippen molar-refractivity contribution in [3.05, 3.63) is 85.9 Å². The number of aryl methyl sites for hydroxylation is 1. The van der Waals surface area contributed by atoms with Crippen molar-refractivity contribution in [2.45, 2.75) is 19.9 Å². The van der Waals surface area contributed by atoms with Crippen molar-refractivity contribution in [1.82, 2.24) is 4.98 Å². The van der Waals surface area contributed by atoms with Crippen LogP contribution in [0.4, 0.5) is 10.8 Å². The Labute approximate surface area is 214 Å². The zero-order chi connectivity index (χ0) is 26.9. The molecule has 1 aliphatic heterocycles. The van der Waals surface area contributed by atoms with Gasteiger partial charge in [0.15, 0.2) is 5.13 Å². The van der Waals surface area contributed by atoms with E-state index in [9.17, 15) is 29.6 Å². The number of ether oxygens (including phenoxy) is 2. The SMILES string of the molecule is CCOc1cccc(/C(O)=C2\C(=O)C(=O)N(c3nc(C)c(C(=O)OC)s3)C2c2ccc([N+](=O)[O-])cc2)c1. The van der Waals surface area contributed by atoms with Gasteiger partial charge in [-0.3, -0.25) is 24.6 Å². The summed E-state index contributed by atoms with van der Waals surface area (Å²) >= 11 is 0.855. The summed E-state index contributed by atoms with van der Waals surface area (Å²) in [4.78, 5) is 54.9. The number of aromatic nitrogens is 1. The van der Waals surface area contributed by atoms with E-state index in [4.69, 9.17) is 9.47 Å². The van der Waals surface area contributed by atoms with E-state index >= 15 is 0 Å². The number of benzene rings is 2. The van der Waals surface area contributed by atoms with Gasteiger partial charge in [0.25, 0.3) is 11.5 Å². The van der Waals surface area contributed by atoms with Crippen LogP contribution in [-0.4, -0.2) is 46.4 Å². The average Bonchev–Trinajstić information content (AvgIpc) is 3.40. The second-order valence-electron chi connectivity index (χ2n) is 7.88. The Bertz CT molecular complexity index is 1440. The third-order valence-electron chi connectivity index (χ3n) is 5.64. The van der Waals surface area contributed by atoms with Crippen LogP contribution in [-0.2, 0) is 14.3 Å². The molecule has 0 bridgehead atoms. The zero-order valence-corrected chi connectivity index (χ0v) is 20.8. The van der Waals surface area contributed by atoms with Gasteiger partial charge in [-0.25, -0.2) is 9.78 Å². The van der Waals surface area contributed by atoms with Crippen LogP contribution in [0.5, 0.6) is 5.75 Å². The summed E-state index contributed by atoms with van der Waals surface area (Å²) in [7, 11) is 1.21. The van der Waals surface area contributed by atoms with E-state index in [1.54, 1.807) is 32.0 Å². The first-order valence-corrected chi connectivity index (χ1v) is 11.8. The number of nitro groups is 1. The van der Waals surface area contributed by atoms with Gasteiger partial charge < -0.3 is 14.6 Å². The smallest absolute Gasteiger partial charge is 0.350 e. The molecule has 190 valence electrons. The molecular formula is C25H21N3O8S. The Balaban J connectivity index is 1.92. The van der Waals surface area contributed by atoms with Gasteiger partial charge in [0.05, 0.1) is 35.9 Å². The number of carbonyl (C=O) groups is 3. The summed E-state index contributed by atoms with van der Waals surface area (Å²) in [5.74, 6) is -2.61. The largest absolute Gasteiger partial charge is 0.507 e. The van der Waals surface area contributed by atoms with Crippen LogP contribution in [0.1, 0.15) is 39.5 Å². The summed E-state index contributed by atoms with van der Waals surface area (Å²) < 4.78 is 10.3. The number of ketones is 1. The minimum atomic E-state index is -1.17. The molecule has 0 spiro atoms. The third kappa shape index (κ3) is 4.66. The molecule has 0 radical (unpaired) electrons. The molecule has 1 atom stereocenters. The summed E-state index contributed by atoms with van der Waals surface area (Å²) in [6.07, 6.45) is 0. The average molecular weight is 524 g/mol. The summed E-state index contributed by atoms with van der Waals surface area (Å²) in [6.45, 7) is 3.73. The molecule has 0 aliphatic carbocycles. The lowest BCUT2D eigenvalue weighted by atomic mass is 9.95. The molecule has 1 aliphatic rings. The molecule has 2 heterocycles. The predicted octanol–water partition coefficient (Wildman–Crippen LogP) is 4.17. The molecule has 1 fully saturated rings. The maximum absolute atomic E-state index is 13.3. The number of non-ortho nitro benzene ring substituents is 1. The molecule has 1 unspecified atom stereocenters. The van der Waals surface area contributed by atoms with Crippen LogP contribution in [0.25, 0.3) is 5.76 Å². The minimum Gasteiger partial charge on any atom is -0.507 e. The van der Waals surface area contributed by atoms with E-state index in [0.29, 0.717) is 23.6 Å². The number of anilines is 1. The lowest BCUT2D eigenvalue weighted by Crippen LogP contribution is -2.29. The summed E-state index contributed by atoms with van der Waals surface area (Å²) in [6, 6.07) is 10.5. The van der Waals surface area contributed by atoms with Gasteiger partial charge in [-0.05, 0) is 43.7 Å². The number of Topliss-reactive ketones (excluding diaryl/α,β-unsaturated/α-hetero) is 1. The number of carbonyl (C=O) groups excluding carboxylic acids is 3. The van der Waals surface area contributed by atoms with Gasteiger partial charge in [-0.15, -0.1) is 0 Å². The first-order valence-electron chi connectivity index (χ1n) is 11.0. The fraction of sp³-hybridized carbons (Fsp3) is 0.200. The number of amides is 1. The fourth-order valence-corrected chi connectivity index (χ4v) is 4.96. The maximum atomic E-state index is 13.3. The molecular weight excluding hydrogens is 502 g/mol. The van der Waals surface area contributed by atoms with Crippen LogP contribution < -0.4 is 9.64 Å². The van der Waals surface area contributed by atoms with Crippen molar-refractivity contribution < 1.29 is 33.9 Å². The van der Waals surface area contributed by atoms with E-state index < -0.39 is 34.4 Å². The van der Waals surface area contributed by atoms with Crippen LogP contribution >= 0.6 is 11.3 Å². The van der Waals surface area contributed by atoms with Gasteiger partial charge in [-0.2, -0.15) is 0 Å². The van der Waals surface area contributed by atoms with Gasteiger partial charge in [-0.1, -0.05) is 23.5 Å². The highest BCUT2D eigenvalue weighted by atomic mass is 32.1. The molecule has 11 nitrogen and oxygen atoms in total. The number of thiazole rings is 1. The second-order valence-corrected chi connectivity index (χ2v) is 8.86. The van der Waals surface area contributed by atoms with Crippen molar-refractivity contribution in [2.75, 3.05) is 18.6 Å². The van der Waals surface area contributed by atoms with Crippen molar-refractivity contribution >= 4 is 45.6 Å². The number of aliphatic hydroxyl groups excluding tert-OH is 1. The first-order chi connectivity index (χ1) is 17.7. The minimum absolute atomic E-state index is 0.0328. The molecule has 4 rings (SSSR count). The van der Waals surface area contributed by atoms with Crippen molar-refractivity contribution in [3.63, 3.8) is 0 Å². The Hall–Kier alpha value is -4.58. The Morgan fingerprint density at radius 3 is 2.54 bits per heavy atom. The van der Waals surface area contributed by atoms with Crippen LogP contribution in [0.3, 0.4) is 0 Å². The van der Waals surface area contributed by atoms with Crippen molar-refractivity contribution in [1.29, 1.82) is 0 Å². The normalized spacial score (nSPS) is 16.6. The van der Waals surface area contributed by atoms with E-state index in [1.807, 2.05) is 0 Å². The van der Waals surface area contributed by atoms with E-state index in [0.717, 1.165) is 16.2 Å². The van der Waals surface area contributed by atoms with E-state index in [2.05, 4.69) is 4.98 Å². The number of methoxy groups -OCH3 is 1. The Morgan fingerprint density at radius 2 is 1.92 bits per heavy atom. The van der Waals surface area contributed by atoms with Crippen molar-refractivity contribution in [2.24, 2.45) is 0 Å². The van der Waals surface area contributed by atoms with Gasteiger partial charge in [0, 0.05) is 17.7 Å². The van der Waals surface area contributed by atoms with Crippen LogP contribution in [0, 0.1) is 17.0 Å². The number of nitrogens with zero attached hydrogens (tertiary/aromatic N) is 3. The Kier molecular flexibility index (Phi) is 7.02. The Morgan fingerprint density at radius 1 is 1.22 bits per heavy atom. The standard InChI is InChI=1S/C25H21N3O8S/c1-4-36-17-7-5-6-15(12-17)20(29)18-19(14-8-10-16(11-9-14)28(33)34)27(23(31)21(18)30)25-26-13(2)22(37-25)24(32)35-3/h5-12,19,29H,4H2,1-3H3/b20-18+. The van der Waals surface area contributed by atoms with Gasteiger partial charge >= 0.3 is 11.9 Å². The molecule has 1 N–H and O–H groups in total. The molecule has 1 amide bonds. The molecule has 1 aromatic heterocycles. The summed E-state index contributed by atoms with van der Waals surface area (Å²) in [5.41, 5.74) is 0.421. The quantitative estimate of drug-likeness (QED) is 0.120. The number of esters is 1. The van der Waals surface area contributed by atoms with Crippen molar-refractivity contribution in [3.8, 4) is 5.75 Å². The molecule has 37 heavy (non-hydrogen) atoms. The molecule has 3 aromatic rings. The number of rotatable bonds is 7. The van der Waals surface area contributed by atoms with Gasteiger partial charge in [0.1, 0.15) is 16.4 Å². The highest BCUT2D eigenvalue weighted by Crippen LogP contribution is 2.44.